The molecule has 3 aromatic rings. The van der Waals surface area contributed by atoms with Gasteiger partial charge in [-0.25, -0.2) is 4.79 Å². The Balaban J connectivity index is 2.35. The molecule has 0 bridgehead atoms. The molecule has 0 aliphatic heterocycles. The van der Waals surface area contributed by atoms with Crippen molar-refractivity contribution in [2.45, 2.75) is 39.7 Å². The Hall–Kier alpha value is -2.44. The van der Waals surface area contributed by atoms with E-state index in [1.807, 2.05) is 12.1 Å². The van der Waals surface area contributed by atoms with Crippen LogP contribution in [0.2, 0.25) is 5.02 Å². The van der Waals surface area contributed by atoms with Crippen LogP contribution in [-0.2, 0) is 20.0 Å². The maximum atomic E-state index is 13.3. The highest BCUT2D eigenvalue weighted by atomic mass is 35.5. The van der Waals surface area contributed by atoms with Gasteiger partial charge in [-0.05, 0) is 42.9 Å². The molecular formula is C22H26ClN3O3. The van der Waals surface area contributed by atoms with Crippen molar-refractivity contribution >= 4 is 22.5 Å². The van der Waals surface area contributed by atoms with Gasteiger partial charge in [0.25, 0.3) is 5.56 Å². The van der Waals surface area contributed by atoms with Gasteiger partial charge in [-0.1, -0.05) is 37.6 Å². The number of nitrogens with zero attached hydrogens (tertiary/aromatic N) is 3. The molecule has 6 nitrogen and oxygen atoms in total. The third-order valence-electron chi connectivity index (χ3n) is 5.13. The van der Waals surface area contributed by atoms with Gasteiger partial charge in [0, 0.05) is 30.8 Å². The molecule has 154 valence electrons. The SMILES string of the molecule is CC(C)CCc1c(-c2ccc(Cl)cc2)ncc2c1c(=O)n(CCCO)c(=O)n2C. The molecule has 0 aliphatic rings. The number of halogens is 1. The summed E-state index contributed by atoms with van der Waals surface area (Å²) in [7, 11) is 1.65. The van der Waals surface area contributed by atoms with Crippen molar-refractivity contribution in [3.8, 4) is 11.3 Å². The second-order valence-corrected chi connectivity index (χ2v) is 8.10. The van der Waals surface area contributed by atoms with Gasteiger partial charge < -0.3 is 5.11 Å². The largest absolute Gasteiger partial charge is 0.396 e. The number of hydrogen-bond acceptors (Lipinski definition) is 4. The van der Waals surface area contributed by atoms with Crippen LogP contribution in [0, 0.1) is 5.92 Å². The molecule has 3 rings (SSSR count). The van der Waals surface area contributed by atoms with Gasteiger partial charge in [0.15, 0.2) is 0 Å². The number of hydrogen-bond donors (Lipinski definition) is 1. The number of pyridine rings is 1. The molecule has 1 aromatic carbocycles. The van der Waals surface area contributed by atoms with E-state index < -0.39 is 5.69 Å². The van der Waals surface area contributed by atoms with E-state index in [0.29, 0.717) is 34.7 Å². The molecule has 0 saturated carbocycles. The van der Waals surface area contributed by atoms with Crippen LogP contribution in [0.25, 0.3) is 22.2 Å². The minimum atomic E-state index is -0.396. The molecule has 7 heteroatoms. The van der Waals surface area contributed by atoms with Crippen LogP contribution in [-0.4, -0.2) is 25.8 Å². The smallest absolute Gasteiger partial charge is 0.331 e. The molecule has 29 heavy (non-hydrogen) atoms. The lowest BCUT2D eigenvalue weighted by atomic mass is 9.95. The first-order valence-corrected chi connectivity index (χ1v) is 10.2. The number of benzene rings is 1. The molecular weight excluding hydrogens is 390 g/mol. The van der Waals surface area contributed by atoms with E-state index >= 15 is 0 Å². The molecule has 0 fully saturated rings. The van der Waals surface area contributed by atoms with Crippen LogP contribution in [0.1, 0.15) is 32.3 Å². The predicted octanol–water partition coefficient (Wildman–Crippen LogP) is 3.39. The maximum Gasteiger partial charge on any atom is 0.331 e. The van der Waals surface area contributed by atoms with Crippen molar-refractivity contribution in [3.05, 3.63) is 61.9 Å². The van der Waals surface area contributed by atoms with E-state index in [0.717, 1.165) is 23.2 Å². The quantitative estimate of drug-likeness (QED) is 0.641. The van der Waals surface area contributed by atoms with Crippen molar-refractivity contribution < 1.29 is 5.11 Å². The number of aromatic nitrogens is 3. The first-order chi connectivity index (χ1) is 13.8. The zero-order chi connectivity index (χ0) is 21.1. The van der Waals surface area contributed by atoms with Gasteiger partial charge >= 0.3 is 5.69 Å². The van der Waals surface area contributed by atoms with Gasteiger partial charge in [-0.2, -0.15) is 0 Å². The number of rotatable bonds is 7. The van der Waals surface area contributed by atoms with Crippen molar-refractivity contribution in [1.82, 2.24) is 14.1 Å². The third-order valence-corrected chi connectivity index (χ3v) is 5.38. The second-order valence-electron chi connectivity index (χ2n) is 7.66. The van der Waals surface area contributed by atoms with E-state index in [9.17, 15) is 9.59 Å². The minimum Gasteiger partial charge on any atom is -0.396 e. The van der Waals surface area contributed by atoms with Crippen LogP contribution < -0.4 is 11.2 Å². The van der Waals surface area contributed by atoms with Crippen molar-refractivity contribution in [2.24, 2.45) is 13.0 Å². The number of aryl methyl sites for hydroxylation is 2. The van der Waals surface area contributed by atoms with Gasteiger partial charge in [0.05, 0.1) is 22.8 Å². The van der Waals surface area contributed by atoms with Gasteiger partial charge in [0.1, 0.15) is 0 Å². The molecule has 0 aliphatic carbocycles. The highest BCUT2D eigenvalue weighted by Gasteiger charge is 2.19. The Labute approximate surface area is 174 Å². The normalized spacial score (nSPS) is 11.5. The molecule has 0 radical (unpaired) electrons. The first kappa shape index (κ1) is 21.3. The summed E-state index contributed by atoms with van der Waals surface area (Å²) in [5.41, 5.74) is 2.26. The average Bonchev–Trinajstić information content (AvgIpc) is 2.70. The Bertz CT molecular complexity index is 1130. The first-order valence-electron chi connectivity index (χ1n) is 9.83. The van der Waals surface area contributed by atoms with Crippen LogP contribution in [0.4, 0.5) is 0 Å². The summed E-state index contributed by atoms with van der Waals surface area (Å²) >= 11 is 6.04. The Morgan fingerprint density at radius 1 is 1.17 bits per heavy atom. The summed E-state index contributed by atoms with van der Waals surface area (Å²) in [5.74, 6) is 0.451. The summed E-state index contributed by atoms with van der Waals surface area (Å²) in [6.07, 6.45) is 3.50. The topological polar surface area (TPSA) is 77.1 Å². The zero-order valence-electron chi connectivity index (χ0n) is 17.0. The lowest BCUT2D eigenvalue weighted by Crippen LogP contribution is -2.39. The molecule has 0 unspecified atom stereocenters. The second kappa shape index (κ2) is 8.93. The predicted molar refractivity (Wildman–Crippen MR) is 117 cm³/mol. The van der Waals surface area contributed by atoms with Gasteiger partial charge in [-0.15, -0.1) is 0 Å². The van der Waals surface area contributed by atoms with E-state index in [2.05, 4.69) is 18.8 Å². The summed E-state index contributed by atoms with van der Waals surface area (Å²) in [6, 6.07) is 7.38. The van der Waals surface area contributed by atoms with Crippen LogP contribution in [0.5, 0.6) is 0 Å². The standard InChI is InChI=1S/C22H26ClN3O3/c1-14(2)5-10-17-19-18(13-24-20(17)15-6-8-16(23)9-7-15)25(3)22(29)26(21(19)28)11-4-12-27/h6-9,13-14,27H,4-5,10-12H2,1-3H3. The molecule has 0 saturated heterocycles. The number of aliphatic hydroxyl groups excluding tert-OH is 1. The van der Waals surface area contributed by atoms with Gasteiger partial charge in [-0.3, -0.25) is 18.9 Å². The van der Waals surface area contributed by atoms with E-state index in [1.165, 1.54) is 9.13 Å². The van der Waals surface area contributed by atoms with Crippen molar-refractivity contribution in [3.63, 3.8) is 0 Å². The lowest BCUT2D eigenvalue weighted by molar-refractivity contribution is 0.277. The summed E-state index contributed by atoms with van der Waals surface area (Å²) in [6.45, 7) is 4.37. The summed E-state index contributed by atoms with van der Waals surface area (Å²) in [4.78, 5) is 30.6. The summed E-state index contributed by atoms with van der Waals surface area (Å²) in [5, 5.41) is 10.3. The van der Waals surface area contributed by atoms with Crippen LogP contribution in [0.3, 0.4) is 0 Å². The monoisotopic (exact) mass is 415 g/mol. The molecule has 0 atom stereocenters. The Morgan fingerprint density at radius 3 is 2.48 bits per heavy atom. The van der Waals surface area contributed by atoms with E-state index in [1.54, 1.807) is 25.4 Å². The minimum absolute atomic E-state index is 0.0831. The van der Waals surface area contributed by atoms with Crippen LogP contribution in [0.15, 0.2) is 40.1 Å². The number of fused-ring (bicyclic) bond motifs is 1. The van der Waals surface area contributed by atoms with E-state index in [-0.39, 0.29) is 18.7 Å². The van der Waals surface area contributed by atoms with Crippen molar-refractivity contribution in [1.29, 1.82) is 0 Å². The molecule has 1 N–H and O–H groups in total. The third kappa shape index (κ3) is 4.28. The maximum absolute atomic E-state index is 13.3. The van der Waals surface area contributed by atoms with Gasteiger partial charge in [0.2, 0.25) is 0 Å². The van der Waals surface area contributed by atoms with Crippen molar-refractivity contribution in [2.75, 3.05) is 6.61 Å². The Morgan fingerprint density at radius 2 is 1.86 bits per heavy atom. The highest BCUT2D eigenvalue weighted by molar-refractivity contribution is 6.30. The highest BCUT2D eigenvalue weighted by Crippen LogP contribution is 2.29. The fourth-order valence-electron chi connectivity index (χ4n) is 3.50. The molecule has 0 amide bonds. The van der Waals surface area contributed by atoms with E-state index in [4.69, 9.17) is 16.7 Å². The number of aliphatic hydroxyl groups is 1. The Kier molecular flexibility index (Phi) is 6.55. The molecule has 2 heterocycles. The fourth-order valence-corrected chi connectivity index (χ4v) is 3.62. The average molecular weight is 416 g/mol. The fraction of sp³-hybridized carbons (Fsp3) is 0.409. The molecule has 0 spiro atoms. The van der Waals surface area contributed by atoms with Crippen LogP contribution >= 0.6 is 11.6 Å². The molecule has 2 aromatic heterocycles. The summed E-state index contributed by atoms with van der Waals surface area (Å²) < 4.78 is 2.68. The zero-order valence-corrected chi connectivity index (χ0v) is 17.7. The lowest BCUT2D eigenvalue weighted by Gasteiger charge is -2.17.